The summed E-state index contributed by atoms with van der Waals surface area (Å²) >= 11 is 0. The smallest absolute Gasteiger partial charge is 0.237 e. The van der Waals surface area contributed by atoms with Gasteiger partial charge in [-0.1, -0.05) is 25.0 Å². The van der Waals surface area contributed by atoms with Gasteiger partial charge in [0.05, 0.1) is 11.7 Å². The predicted molar refractivity (Wildman–Crippen MR) is 92.7 cm³/mol. The van der Waals surface area contributed by atoms with Gasteiger partial charge in [0.1, 0.15) is 0 Å². The van der Waals surface area contributed by atoms with Gasteiger partial charge in [-0.3, -0.25) is 4.79 Å². The average Bonchev–Trinajstić information content (AvgIpc) is 3.29. The summed E-state index contributed by atoms with van der Waals surface area (Å²) in [6.07, 6.45) is 9.79. The Hall–Kier alpha value is -2.14. The van der Waals surface area contributed by atoms with E-state index in [-0.39, 0.29) is 11.9 Å². The summed E-state index contributed by atoms with van der Waals surface area (Å²) in [7, 11) is 0. The van der Waals surface area contributed by atoms with E-state index >= 15 is 0 Å². The van der Waals surface area contributed by atoms with Crippen LogP contribution in [-0.2, 0) is 11.3 Å². The van der Waals surface area contributed by atoms with E-state index in [2.05, 4.69) is 15.7 Å². The fourth-order valence-corrected chi connectivity index (χ4v) is 4.02. The van der Waals surface area contributed by atoms with E-state index in [0.717, 1.165) is 17.7 Å². The molecule has 2 aliphatic rings. The zero-order valence-corrected chi connectivity index (χ0v) is 13.8. The maximum Gasteiger partial charge on any atom is 0.237 e. The molecule has 126 valence electrons. The molecule has 1 saturated carbocycles. The van der Waals surface area contributed by atoms with Gasteiger partial charge in [0.2, 0.25) is 5.91 Å². The third-order valence-electron chi connectivity index (χ3n) is 5.35. The SMILES string of the molecule is O=C(NCc1ccc(-n2cccn2)cc1)C1CC2CCCCC2N1. The first-order valence-corrected chi connectivity index (χ1v) is 8.92. The van der Waals surface area contributed by atoms with Crippen molar-refractivity contribution in [1.29, 1.82) is 0 Å². The summed E-state index contributed by atoms with van der Waals surface area (Å²) in [4.78, 5) is 12.4. The molecule has 1 aliphatic carbocycles. The number of hydrogen-bond acceptors (Lipinski definition) is 3. The standard InChI is InChI=1S/C19H24N4O/c24-19(18-12-15-4-1-2-5-17(15)22-18)20-13-14-6-8-16(9-7-14)23-11-3-10-21-23/h3,6-11,15,17-18,22H,1-2,4-5,12-13H2,(H,20,24). The average molecular weight is 324 g/mol. The Labute approximate surface area is 142 Å². The lowest BCUT2D eigenvalue weighted by atomic mass is 9.85. The van der Waals surface area contributed by atoms with Crippen molar-refractivity contribution in [1.82, 2.24) is 20.4 Å². The van der Waals surface area contributed by atoms with E-state index in [9.17, 15) is 4.79 Å². The number of amides is 1. The fourth-order valence-electron chi connectivity index (χ4n) is 4.02. The van der Waals surface area contributed by atoms with Crippen molar-refractivity contribution < 1.29 is 4.79 Å². The Kier molecular flexibility index (Phi) is 4.34. The van der Waals surface area contributed by atoms with Crippen molar-refractivity contribution in [2.45, 2.75) is 50.7 Å². The summed E-state index contributed by atoms with van der Waals surface area (Å²) < 4.78 is 1.83. The first kappa shape index (κ1) is 15.4. The van der Waals surface area contributed by atoms with E-state index in [1.165, 1.54) is 25.7 Å². The molecule has 5 heteroatoms. The largest absolute Gasteiger partial charge is 0.351 e. The molecule has 1 saturated heterocycles. The number of hydrogen-bond donors (Lipinski definition) is 2. The number of carbonyl (C=O) groups excluding carboxylic acids is 1. The second-order valence-corrected chi connectivity index (χ2v) is 6.94. The van der Waals surface area contributed by atoms with Crippen molar-refractivity contribution in [2.24, 2.45) is 5.92 Å². The van der Waals surface area contributed by atoms with Crippen LogP contribution in [0, 0.1) is 5.92 Å². The van der Waals surface area contributed by atoms with Crippen LogP contribution in [0.25, 0.3) is 5.69 Å². The van der Waals surface area contributed by atoms with Gasteiger partial charge in [0.15, 0.2) is 0 Å². The number of fused-ring (bicyclic) bond motifs is 1. The molecule has 0 radical (unpaired) electrons. The minimum absolute atomic E-state index is 0.0125. The molecular weight excluding hydrogens is 300 g/mol. The molecule has 4 rings (SSSR count). The molecule has 3 unspecified atom stereocenters. The number of carbonyl (C=O) groups is 1. The maximum absolute atomic E-state index is 12.4. The maximum atomic E-state index is 12.4. The molecule has 2 fully saturated rings. The number of nitrogens with one attached hydrogen (secondary N) is 2. The summed E-state index contributed by atoms with van der Waals surface area (Å²) in [6, 6.07) is 10.6. The molecule has 2 N–H and O–H groups in total. The second-order valence-electron chi connectivity index (χ2n) is 6.94. The normalized spacial score (nSPS) is 26.1. The summed E-state index contributed by atoms with van der Waals surface area (Å²) in [5, 5.41) is 10.8. The first-order valence-electron chi connectivity index (χ1n) is 8.92. The van der Waals surface area contributed by atoms with Gasteiger partial charge in [-0.05, 0) is 48.9 Å². The second kappa shape index (κ2) is 6.77. The molecule has 3 atom stereocenters. The van der Waals surface area contributed by atoms with Crippen LogP contribution in [0.2, 0.25) is 0 Å². The highest BCUT2D eigenvalue weighted by molar-refractivity contribution is 5.82. The molecule has 1 aromatic heterocycles. The Morgan fingerprint density at radius 2 is 2.08 bits per heavy atom. The van der Waals surface area contributed by atoms with Crippen LogP contribution < -0.4 is 10.6 Å². The zero-order valence-electron chi connectivity index (χ0n) is 13.8. The van der Waals surface area contributed by atoms with Gasteiger partial charge >= 0.3 is 0 Å². The van der Waals surface area contributed by atoms with Gasteiger partial charge in [0, 0.05) is 25.0 Å². The molecule has 2 heterocycles. The highest BCUT2D eigenvalue weighted by Crippen LogP contribution is 2.33. The summed E-state index contributed by atoms with van der Waals surface area (Å²) in [6.45, 7) is 0.575. The summed E-state index contributed by atoms with van der Waals surface area (Å²) in [5.74, 6) is 0.836. The molecule has 2 aromatic rings. The first-order chi connectivity index (χ1) is 11.8. The molecule has 0 bridgehead atoms. The lowest BCUT2D eigenvalue weighted by Crippen LogP contribution is -2.42. The lowest BCUT2D eigenvalue weighted by Gasteiger charge is -2.24. The molecule has 1 amide bonds. The quantitative estimate of drug-likeness (QED) is 0.908. The molecule has 0 spiro atoms. The highest BCUT2D eigenvalue weighted by atomic mass is 16.2. The topological polar surface area (TPSA) is 59.0 Å². The minimum atomic E-state index is -0.0125. The van der Waals surface area contributed by atoms with Crippen LogP contribution in [0.4, 0.5) is 0 Å². The molecule has 24 heavy (non-hydrogen) atoms. The Morgan fingerprint density at radius 3 is 2.83 bits per heavy atom. The van der Waals surface area contributed by atoms with Crippen LogP contribution in [0.1, 0.15) is 37.7 Å². The van der Waals surface area contributed by atoms with Crippen LogP contribution in [-0.4, -0.2) is 27.8 Å². The Bertz CT molecular complexity index is 666. The number of nitrogens with zero attached hydrogens (tertiary/aromatic N) is 2. The van der Waals surface area contributed by atoms with Gasteiger partial charge in [0.25, 0.3) is 0 Å². The van der Waals surface area contributed by atoms with Crippen molar-refractivity contribution in [3.05, 3.63) is 48.3 Å². The minimum Gasteiger partial charge on any atom is -0.351 e. The van der Waals surface area contributed by atoms with E-state index in [0.29, 0.717) is 18.5 Å². The van der Waals surface area contributed by atoms with Crippen molar-refractivity contribution >= 4 is 5.91 Å². The lowest BCUT2D eigenvalue weighted by molar-refractivity contribution is -0.123. The van der Waals surface area contributed by atoms with E-state index in [4.69, 9.17) is 0 Å². The molecular formula is C19H24N4O. The predicted octanol–water partition coefficient (Wildman–Crippen LogP) is 2.41. The molecule has 1 aliphatic heterocycles. The zero-order chi connectivity index (χ0) is 16.4. The van der Waals surface area contributed by atoms with Gasteiger partial charge < -0.3 is 10.6 Å². The van der Waals surface area contributed by atoms with Gasteiger partial charge in [-0.2, -0.15) is 5.10 Å². The third kappa shape index (κ3) is 3.22. The highest BCUT2D eigenvalue weighted by Gasteiger charge is 2.37. The number of rotatable bonds is 4. The summed E-state index contributed by atoms with van der Waals surface area (Å²) in [5.41, 5.74) is 2.13. The monoisotopic (exact) mass is 324 g/mol. The van der Waals surface area contributed by atoms with Crippen molar-refractivity contribution in [3.8, 4) is 5.69 Å². The van der Waals surface area contributed by atoms with Crippen LogP contribution >= 0.6 is 0 Å². The Morgan fingerprint density at radius 1 is 1.25 bits per heavy atom. The van der Waals surface area contributed by atoms with Crippen LogP contribution in [0.5, 0.6) is 0 Å². The van der Waals surface area contributed by atoms with Crippen LogP contribution in [0.15, 0.2) is 42.7 Å². The molecule has 5 nitrogen and oxygen atoms in total. The van der Waals surface area contributed by atoms with E-state index in [1.54, 1.807) is 6.20 Å². The van der Waals surface area contributed by atoms with Crippen molar-refractivity contribution in [3.63, 3.8) is 0 Å². The van der Waals surface area contributed by atoms with Gasteiger partial charge in [-0.15, -0.1) is 0 Å². The Balaban J connectivity index is 1.31. The number of benzene rings is 1. The molecule has 1 aromatic carbocycles. The number of aromatic nitrogens is 2. The van der Waals surface area contributed by atoms with Gasteiger partial charge in [-0.25, -0.2) is 4.68 Å². The van der Waals surface area contributed by atoms with Crippen molar-refractivity contribution in [2.75, 3.05) is 0 Å². The third-order valence-corrected chi connectivity index (χ3v) is 5.35. The van der Waals surface area contributed by atoms with Crippen LogP contribution in [0.3, 0.4) is 0 Å². The van der Waals surface area contributed by atoms with E-state index in [1.807, 2.05) is 41.2 Å². The van der Waals surface area contributed by atoms with E-state index < -0.39 is 0 Å². The fraction of sp³-hybridized carbons (Fsp3) is 0.474.